The highest BCUT2D eigenvalue weighted by Gasteiger charge is 2.26. The number of aryl methyl sites for hydroxylation is 1. The summed E-state index contributed by atoms with van der Waals surface area (Å²) in [6.45, 7) is 0.609. The van der Waals surface area contributed by atoms with Crippen LogP contribution in [0.3, 0.4) is 0 Å². The smallest absolute Gasteiger partial charge is 0.341 e. The molecular formula is C13H15F2N3O2S. The standard InChI is InChI=1S/C13H15F2N3O2S/c1-18-9-7-11(17-18)6-8-16-10-2-4-12(5-3-10)21(19,20)13(14)15/h2-5,7,9,13,16H,6,8H2,1H3. The summed E-state index contributed by atoms with van der Waals surface area (Å²) in [4.78, 5) is -0.382. The zero-order chi connectivity index (χ0) is 15.5. The topological polar surface area (TPSA) is 64.0 Å². The molecule has 2 aromatic rings. The van der Waals surface area contributed by atoms with Crippen molar-refractivity contribution in [2.24, 2.45) is 7.05 Å². The summed E-state index contributed by atoms with van der Waals surface area (Å²) < 4.78 is 49.0. The summed E-state index contributed by atoms with van der Waals surface area (Å²) in [7, 11) is -2.70. The number of rotatable bonds is 6. The average molecular weight is 315 g/mol. The summed E-state index contributed by atoms with van der Waals surface area (Å²) in [6.07, 6.45) is 2.55. The van der Waals surface area contributed by atoms with Gasteiger partial charge in [-0.3, -0.25) is 4.68 Å². The number of alkyl halides is 2. The molecule has 2 rings (SSSR count). The number of hydrogen-bond acceptors (Lipinski definition) is 4. The number of halogens is 2. The fraction of sp³-hybridized carbons (Fsp3) is 0.308. The van der Waals surface area contributed by atoms with Crippen LogP contribution in [-0.4, -0.2) is 30.5 Å². The van der Waals surface area contributed by atoms with E-state index in [1.54, 1.807) is 4.68 Å². The molecule has 21 heavy (non-hydrogen) atoms. The van der Waals surface area contributed by atoms with Gasteiger partial charge in [0.25, 0.3) is 0 Å². The van der Waals surface area contributed by atoms with Gasteiger partial charge in [-0.1, -0.05) is 0 Å². The van der Waals surface area contributed by atoms with Gasteiger partial charge in [-0.05, 0) is 30.3 Å². The van der Waals surface area contributed by atoms with Crippen LogP contribution in [-0.2, 0) is 23.3 Å². The minimum Gasteiger partial charge on any atom is -0.385 e. The summed E-state index contributed by atoms with van der Waals surface area (Å²) >= 11 is 0. The maximum atomic E-state index is 12.4. The number of aromatic nitrogens is 2. The SMILES string of the molecule is Cn1ccc(CCNc2ccc(S(=O)(=O)C(F)F)cc2)n1. The van der Waals surface area contributed by atoms with Crippen LogP contribution in [0.15, 0.2) is 41.4 Å². The third kappa shape index (κ3) is 3.78. The highest BCUT2D eigenvalue weighted by atomic mass is 32.2. The van der Waals surface area contributed by atoms with Crippen molar-refractivity contribution in [3.05, 3.63) is 42.2 Å². The van der Waals surface area contributed by atoms with E-state index in [-0.39, 0.29) is 4.90 Å². The molecule has 8 heteroatoms. The van der Waals surface area contributed by atoms with Gasteiger partial charge < -0.3 is 5.32 Å². The van der Waals surface area contributed by atoms with E-state index in [1.807, 2.05) is 19.3 Å². The van der Waals surface area contributed by atoms with Crippen LogP contribution in [0, 0.1) is 0 Å². The van der Waals surface area contributed by atoms with Gasteiger partial charge in [-0.25, -0.2) is 8.42 Å². The predicted molar refractivity (Wildman–Crippen MR) is 75.0 cm³/mol. The van der Waals surface area contributed by atoms with E-state index in [1.165, 1.54) is 24.3 Å². The Kier molecular flexibility index (Phi) is 4.56. The van der Waals surface area contributed by atoms with E-state index in [2.05, 4.69) is 10.4 Å². The number of sulfone groups is 1. The zero-order valence-corrected chi connectivity index (χ0v) is 12.1. The van der Waals surface area contributed by atoms with Gasteiger partial charge in [0.2, 0.25) is 9.84 Å². The van der Waals surface area contributed by atoms with Crippen molar-refractivity contribution < 1.29 is 17.2 Å². The second kappa shape index (κ2) is 6.21. The molecule has 0 atom stereocenters. The molecule has 0 saturated carbocycles. The molecule has 0 fully saturated rings. The zero-order valence-electron chi connectivity index (χ0n) is 11.3. The Bertz CT molecular complexity index is 696. The van der Waals surface area contributed by atoms with Crippen LogP contribution in [0.25, 0.3) is 0 Å². The first-order chi connectivity index (χ1) is 9.89. The van der Waals surface area contributed by atoms with Gasteiger partial charge in [0.15, 0.2) is 0 Å². The Morgan fingerprint density at radius 1 is 1.24 bits per heavy atom. The molecular weight excluding hydrogens is 300 g/mol. The minimum atomic E-state index is -4.53. The van der Waals surface area contributed by atoms with E-state index in [0.717, 1.165) is 5.69 Å². The first-order valence-electron chi connectivity index (χ1n) is 6.24. The molecule has 0 aliphatic heterocycles. The Morgan fingerprint density at radius 2 is 1.90 bits per heavy atom. The van der Waals surface area contributed by atoms with Crippen molar-refractivity contribution in [1.29, 1.82) is 0 Å². The van der Waals surface area contributed by atoms with Crippen molar-refractivity contribution in [3.8, 4) is 0 Å². The van der Waals surface area contributed by atoms with Gasteiger partial charge >= 0.3 is 5.76 Å². The van der Waals surface area contributed by atoms with E-state index in [9.17, 15) is 17.2 Å². The van der Waals surface area contributed by atoms with Crippen LogP contribution in [0.5, 0.6) is 0 Å². The van der Waals surface area contributed by atoms with Crippen molar-refractivity contribution >= 4 is 15.5 Å². The first kappa shape index (κ1) is 15.4. The lowest BCUT2D eigenvalue weighted by atomic mass is 10.3. The van der Waals surface area contributed by atoms with Crippen LogP contribution >= 0.6 is 0 Å². The molecule has 0 saturated heterocycles. The van der Waals surface area contributed by atoms with Crippen molar-refractivity contribution in [2.75, 3.05) is 11.9 Å². The quantitative estimate of drug-likeness (QED) is 0.886. The predicted octanol–water partition coefficient (Wildman–Crippen LogP) is 2.07. The molecule has 0 spiro atoms. The molecule has 1 aromatic carbocycles. The number of benzene rings is 1. The number of anilines is 1. The fourth-order valence-electron chi connectivity index (χ4n) is 1.80. The molecule has 0 aliphatic carbocycles. The van der Waals surface area contributed by atoms with Gasteiger partial charge in [-0.2, -0.15) is 13.9 Å². The van der Waals surface area contributed by atoms with E-state index >= 15 is 0 Å². The van der Waals surface area contributed by atoms with E-state index in [4.69, 9.17) is 0 Å². The fourth-order valence-corrected chi connectivity index (χ4v) is 2.52. The lowest BCUT2D eigenvalue weighted by Crippen LogP contribution is -2.11. The molecule has 1 N–H and O–H groups in total. The molecule has 0 aliphatic rings. The third-order valence-electron chi connectivity index (χ3n) is 2.90. The molecule has 0 amide bonds. The minimum absolute atomic E-state index is 0.382. The highest BCUT2D eigenvalue weighted by molar-refractivity contribution is 7.91. The molecule has 0 radical (unpaired) electrons. The molecule has 5 nitrogen and oxygen atoms in total. The summed E-state index contributed by atoms with van der Waals surface area (Å²) in [5.74, 6) is -3.40. The van der Waals surface area contributed by atoms with Crippen molar-refractivity contribution in [2.45, 2.75) is 17.1 Å². The number of hydrogen-bond donors (Lipinski definition) is 1. The number of nitrogens with zero attached hydrogens (tertiary/aromatic N) is 2. The molecule has 0 unspecified atom stereocenters. The lowest BCUT2D eigenvalue weighted by molar-refractivity contribution is 0.234. The highest BCUT2D eigenvalue weighted by Crippen LogP contribution is 2.20. The Morgan fingerprint density at radius 3 is 2.43 bits per heavy atom. The lowest BCUT2D eigenvalue weighted by Gasteiger charge is -2.07. The summed E-state index contributed by atoms with van der Waals surface area (Å²) in [5, 5.41) is 7.30. The second-order valence-electron chi connectivity index (χ2n) is 4.49. The van der Waals surface area contributed by atoms with Gasteiger partial charge in [0, 0.05) is 31.9 Å². The molecule has 114 valence electrons. The Labute approximate surface area is 121 Å². The van der Waals surface area contributed by atoms with Crippen LogP contribution < -0.4 is 5.32 Å². The monoisotopic (exact) mass is 315 g/mol. The van der Waals surface area contributed by atoms with Crippen LogP contribution in [0.1, 0.15) is 5.69 Å². The molecule has 1 heterocycles. The third-order valence-corrected chi connectivity index (χ3v) is 4.29. The molecule has 0 bridgehead atoms. The first-order valence-corrected chi connectivity index (χ1v) is 7.79. The van der Waals surface area contributed by atoms with E-state index in [0.29, 0.717) is 18.7 Å². The average Bonchev–Trinajstić information content (AvgIpc) is 2.85. The van der Waals surface area contributed by atoms with Gasteiger partial charge in [-0.15, -0.1) is 0 Å². The largest absolute Gasteiger partial charge is 0.385 e. The summed E-state index contributed by atoms with van der Waals surface area (Å²) in [5.41, 5.74) is 1.60. The van der Waals surface area contributed by atoms with Crippen molar-refractivity contribution in [1.82, 2.24) is 9.78 Å². The maximum absolute atomic E-state index is 12.4. The van der Waals surface area contributed by atoms with E-state index < -0.39 is 15.6 Å². The van der Waals surface area contributed by atoms with Gasteiger partial charge in [0.1, 0.15) is 0 Å². The Balaban J connectivity index is 1.94. The van der Waals surface area contributed by atoms with Crippen LogP contribution in [0.2, 0.25) is 0 Å². The molecule has 1 aromatic heterocycles. The summed E-state index contributed by atoms with van der Waals surface area (Å²) in [6, 6.07) is 7.18. The second-order valence-corrected chi connectivity index (χ2v) is 6.41. The van der Waals surface area contributed by atoms with Crippen LogP contribution in [0.4, 0.5) is 14.5 Å². The van der Waals surface area contributed by atoms with Crippen molar-refractivity contribution in [3.63, 3.8) is 0 Å². The Hall–Kier alpha value is -1.96. The van der Waals surface area contributed by atoms with Gasteiger partial charge in [0.05, 0.1) is 10.6 Å². The number of nitrogens with one attached hydrogen (secondary N) is 1. The normalized spacial score (nSPS) is 11.8. The maximum Gasteiger partial charge on any atom is 0.341 e.